The van der Waals surface area contributed by atoms with Gasteiger partial charge >= 0.3 is 6.03 Å². The van der Waals surface area contributed by atoms with Crippen molar-refractivity contribution in [1.82, 2.24) is 15.1 Å². The van der Waals surface area contributed by atoms with E-state index in [1.807, 2.05) is 23.1 Å². The van der Waals surface area contributed by atoms with Crippen molar-refractivity contribution in [2.75, 3.05) is 39.2 Å². The van der Waals surface area contributed by atoms with Crippen molar-refractivity contribution < 1.29 is 23.5 Å². The fourth-order valence-electron chi connectivity index (χ4n) is 5.29. The van der Waals surface area contributed by atoms with Gasteiger partial charge in [0.1, 0.15) is 5.82 Å². The Morgan fingerprint density at radius 1 is 1.16 bits per heavy atom. The molecular formula is C28H37FN4O4. The van der Waals surface area contributed by atoms with Crippen molar-refractivity contribution >= 4 is 17.6 Å². The third-order valence-electron chi connectivity index (χ3n) is 7.71. The quantitative estimate of drug-likeness (QED) is 0.553. The maximum atomic E-state index is 13.6. The van der Waals surface area contributed by atoms with Crippen LogP contribution in [0, 0.1) is 11.7 Å². The third-order valence-corrected chi connectivity index (χ3v) is 7.71. The molecule has 9 heteroatoms. The number of carbonyl (C=O) groups is 2. The first-order valence-electron chi connectivity index (χ1n) is 12.9. The number of rotatable bonds is 8. The zero-order valence-corrected chi connectivity index (χ0v) is 22.1. The van der Waals surface area contributed by atoms with Gasteiger partial charge in [-0.3, -0.25) is 10.1 Å². The number of halogens is 1. The van der Waals surface area contributed by atoms with E-state index in [0.29, 0.717) is 56.1 Å². The largest absolute Gasteiger partial charge is 0.493 e. The van der Waals surface area contributed by atoms with E-state index >= 15 is 0 Å². The SMILES string of the molecule is CC[C@H](C)[C@@H]1NC2(CCN(C(=O)Nc3cccc(F)c3)CC2)N(CCc2ccc(OC)c(OC)c2)C1=O. The smallest absolute Gasteiger partial charge is 0.321 e. The zero-order valence-electron chi connectivity index (χ0n) is 22.1. The molecule has 0 unspecified atom stereocenters. The Kier molecular flexibility index (Phi) is 8.22. The summed E-state index contributed by atoms with van der Waals surface area (Å²) in [5, 5.41) is 6.45. The molecular weight excluding hydrogens is 475 g/mol. The number of hydrogen-bond donors (Lipinski definition) is 2. The van der Waals surface area contributed by atoms with Crippen LogP contribution in [0.25, 0.3) is 0 Å². The van der Waals surface area contributed by atoms with Gasteiger partial charge < -0.3 is 24.6 Å². The molecule has 2 aliphatic rings. The number of urea groups is 1. The number of hydrogen-bond acceptors (Lipinski definition) is 5. The van der Waals surface area contributed by atoms with Crippen molar-refractivity contribution in [3.05, 3.63) is 53.8 Å². The van der Waals surface area contributed by atoms with Crippen LogP contribution < -0.4 is 20.1 Å². The van der Waals surface area contributed by atoms with Gasteiger partial charge in [0.05, 0.1) is 25.9 Å². The van der Waals surface area contributed by atoms with Crippen LogP contribution in [0.15, 0.2) is 42.5 Å². The number of nitrogens with one attached hydrogen (secondary N) is 2. The summed E-state index contributed by atoms with van der Waals surface area (Å²) < 4.78 is 24.3. The molecule has 2 aromatic rings. The number of anilines is 1. The molecule has 2 heterocycles. The Bertz CT molecular complexity index is 1120. The zero-order chi connectivity index (χ0) is 26.6. The monoisotopic (exact) mass is 512 g/mol. The number of likely N-dealkylation sites (tertiary alicyclic amines) is 1. The van der Waals surface area contributed by atoms with E-state index in [1.165, 1.54) is 12.1 Å². The molecule has 2 aromatic carbocycles. The van der Waals surface area contributed by atoms with Crippen LogP contribution in [0.4, 0.5) is 14.9 Å². The van der Waals surface area contributed by atoms with Gasteiger partial charge in [0.15, 0.2) is 11.5 Å². The van der Waals surface area contributed by atoms with Crippen LogP contribution in [0.1, 0.15) is 38.7 Å². The lowest BCUT2D eigenvalue weighted by molar-refractivity contribution is -0.133. The van der Waals surface area contributed by atoms with Crippen LogP contribution in [0.2, 0.25) is 0 Å². The Morgan fingerprint density at radius 2 is 1.89 bits per heavy atom. The minimum Gasteiger partial charge on any atom is -0.493 e. The Labute approximate surface area is 218 Å². The molecule has 0 saturated carbocycles. The lowest BCUT2D eigenvalue weighted by Gasteiger charge is -2.44. The summed E-state index contributed by atoms with van der Waals surface area (Å²) in [6.45, 7) is 5.73. The normalized spacial score (nSPS) is 19.7. The second-order valence-electron chi connectivity index (χ2n) is 9.90. The van der Waals surface area contributed by atoms with Crippen molar-refractivity contribution in [1.29, 1.82) is 0 Å². The van der Waals surface area contributed by atoms with Crippen LogP contribution in [0.5, 0.6) is 11.5 Å². The van der Waals surface area contributed by atoms with Crippen LogP contribution in [-0.2, 0) is 11.2 Å². The first kappa shape index (κ1) is 26.7. The third kappa shape index (κ3) is 5.66. The van der Waals surface area contributed by atoms with E-state index < -0.39 is 11.5 Å². The summed E-state index contributed by atoms with van der Waals surface area (Å²) >= 11 is 0. The van der Waals surface area contributed by atoms with E-state index in [1.54, 1.807) is 31.3 Å². The van der Waals surface area contributed by atoms with Gasteiger partial charge in [-0.25, -0.2) is 9.18 Å². The van der Waals surface area contributed by atoms with Gasteiger partial charge in [0.25, 0.3) is 0 Å². The maximum absolute atomic E-state index is 13.6. The summed E-state index contributed by atoms with van der Waals surface area (Å²) in [5.74, 6) is 1.25. The topological polar surface area (TPSA) is 83.1 Å². The molecule has 2 aliphatic heterocycles. The minimum absolute atomic E-state index is 0.118. The van der Waals surface area contributed by atoms with Crippen LogP contribution >= 0.6 is 0 Å². The molecule has 8 nitrogen and oxygen atoms in total. The summed E-state index contributed by atoms with van der Waals surface area (Å²) in [5.41, 5.74) is 0.976. The highest BCUT2D eigenvalue weighted by Gasteiger charge is 2.52. The van der Waals surface area contributed by atoms with Gasteiger partial charge in [0, 0.05) is 38.2 Å². The molecule has 200 valence electrons. The predicted molar refractivity (Wildman–Crippen MR) is 140 cm³/mol. The average Bonchev–Trinajstić information content (AvgIpc) is 3.17. The molecule has 1 spiro atoms. The lowest BCUT2D eigenvalue weighted by atomic mass is 9.95. The van der Waals surface area contributed by atoms with E-state index in [-0.39, 0.29) is 23.9 Å². The molecule has 37 heavy (non-hydrogen) atoms. The number of methoxy groups -OCH3 is 2. The highest BCUT2D eigenvalue weighted by Crippen LogP contribution is 2.36. The summed E-state index contributed by atoms with van der Waals surface area (Å²) in [4.78, 5) is 30.2. The van der Waals surface area contributed by atoms with Crippen LogP contribution in [-0.4, -0.2) is 67.3 Å². The molecule has 2 fully saturated rings. The van der Waals surface area contributed by atoms with Crippen molar-refractivity contribution in [3.63, 3.8) is 0 Å². The Balaban J connectivity index is 1.47. The highest BCUT2D eigenvalue weighted by molar-refractivity contribution is 5.89. The minimum atomic E-state index is -0.503. The van der Waals surface area contributed by atoms with Gasteiger partial charge in [0.2, 0.25) is 5.91 Å². The predicted octanol–water partition coefficient (Wildman–Crippen LogP) is 4.26. The van der Waals surface area contributed by atoms with Gasteiger partial charge in [-0.05, 0) is 48.2 Å². The van der Waals surface area contributed by atoms with Gasteiger partial charge in [-0.15, -0.1) is 0 Å². The van der Waals surface area contributed by atoms with E-state index in [9.17, 15) is 14.0 Å². The molecule has 0 aliphatic carbocycles. The second-order valence-corrected chi connectivity index (χ2v) is 9.90. The van der Waals surface area contributed by atoms with E-state index in [4.69, 9.17) is 9.47 Å². The number of benzene rings is 2. The fraction of sp³-hybridized carbons (Fsp3) is 0.500. The van der Waals surface area contributed by atoms with Crippen molar-refractivity contribution in [3.8, 4) is 11.5 Å². The van der Waals surface area contributed by atoms with Crippen LogP contribution in [0.3, 0.4) is 0 Å². The second kappa shape index (κ2) is 11.4. The van der Waals surface area contributed by atoms with Crippen molar-refractivity contribution in [2.45, 2.75) is 51.2 Å². The fourth-order valence-corrected chi connectivity index (χ4v) is 5.29. The Morgan fingerprint density at radius 3 is 2.54 bits per heavy atom. The molecule has 2 N–H and O–H groups in total. The number of nitrogens with zero attached hydrogens (tertiary/aromatic N) is 2. The van der Waals surface area contributed by atoms with E-state index in [2.05, 4.69) is 24.5 Å². The maximum Gasteiger partial charge on any atom is 0.321 e. The first-order valence-corrected chi connectivity index (χ1v) is 12.9. The molecule has 2 atom stereocenters. The molecule has 4 rings (SSSR count). The lowest BCUT2D eigenvalue weighted by Crippen LogP contribution is -2.60. The van der Waals surface area contributed by atoms with E-state index in [0.717, 1.165) is 12.0 Å². The standard InChI is InChI=1S/C28H37FN4O4/c1-5-19(2)25-26(34)33(14-11-20-9-10-23(36-3)24(17-20)37-4)28(31-25)12-15-32(16-13-28)27(35)30-22-8-6-7-21(29)18-22/h6-10,17-19,25,31H,5,11-16H2,1-4H3,(H,30,35)/t19-,25-/m0/s1. The van der Waals surface area contributed by atoms with Crippen molar-refractivity contribution in [2.24, 2.45) is 5.92 Å². The molecule has 2 saturated heterocycles. The molecule has 0 aromatic heterocycles. The Hall–Kier alpha value is -3.33. The van der Waals surface area contributed by atoms with Gasteiger partial charge in [-0.1, -0.05) is 32.4 Å². The summed E-state index contributed by atoms with van der Waals surface area (Å²) in [7, 11) is 3.22. The first-order chi connectivity index (χ1) is 17.8. The highest BCUT2D eigenvalue weighted by atomic mass is 19.1. The van der Waals surface area contributed by atoms with Gasteiger partial charge in [-0.2, -0.15) is 0 Å². The molecule has 0 radical (unpaired) electrons. The summed E-state index contributed by atoms with van der Waals surface area (Å²) in [6.07, 6.45) is 2.81. The number of piperidine rings is 1. The molecule has 0 bridgehead atoms. The number of carbonyl (C=O) groups excluding carboxylic acids is 2. The average molecular weight is 513 g/mol. The molecule has 3 amide bonds. The summed E-state index contributed by atoms with van der Waals surface area (Å²) in [6, 6.07) is 11.2. The number of ether oxygens (including phenoxy) is 2. The number of amides is 3.